The maximum Gasteiger partial charge on any atom is 0.322 e. The molecule has 1 aromatic heterocycles. The number of urea groups is 1. The van der Waals surface area contributed by atoms with Crippen LogP contribution in [0, 0.1) is 5.92 Å². The third-order valence-corrected chi connectivity index (χ3v) is 5.91. The lowest BCUT2D eigenvalue weighted by Crippen LogP contribution is -2.41. The lowest BCUT2D eigenvalue weighted by atomic mass is 9.96. The molecule has 1 unspecified atom stereocenters. The molecule has 1 aliphatic heterocycles. The molecule has 4 rings (SSSR count). The number of hydrogen-bond donors (Lipinski definition) is 1. The molecule has 140 valence electrons. The van der Waals surface area contributed by atoms with Crippen LogP contribution in [0.4, 0.5) is 10.5 Å². The number of amides is 2. The molecule has 2 heterocycles. The molecule has 1 saturated heterocycles. The number of rotatable bonds is 5. The van der Waals surface area contributed by atoms with Gasteiger partial charge in [-0.05, 0) is 49.8 Å². The number of nitrogens with one attached hydrogen (secondary N) is 1. The summed E-state index contributed by atoms with van der Waals surface area (Å²) in [5.41, 5.74) is 1.85. The van der Waals surface area contributed by atoms with Gasteiger partial charge in [-0.1, -0.05) is 12.8 Å². The molecule has 1 atom stereocenters. The van der Waals surface area contributed by atoms with E-state index in [1.807, 2.05) is 29.1 Å². The van der Waals surface area contributed by atoms with Gasteiger partial charge in [-0.3, -0.25) is 4.68 Å². The van der Waals surface area contributed by atoms with E-state index in [2.05, 4.69) is 15.3 Å². The largest absolute Gasteiger partial charge is 0.383 e. The number of anilines is 1. The molecular weight excluding hydrogens is 328 g/mol. The first kappa shape index (κ1) is 17.3. The van der Waals surface area contributed by atoms with Crippen LogP contribution >= 0.6 is 0 Å². The second-order valence-electron chi connectivity index (χ2n) is 7.51. The van der Waals surface area contributed by atoms with Gasteiger partial charge in [-0.15, -0.1) is 0 Å². The van der Waals surface area contributed by atoms with Gasteiger partial charge in [0.2, 0.25) is 0 Å². The van der Waals surface area contributed by atoms with Crippen molar-refractivity contribution in [2.75, 3.05) is 25.6 Å². The van der Waals surface area contributed by atoms with Crippen LogP contribution in [0.3, 0.4) is 0 Å². The minimum absolute atomic E-state index is 0.0432. The quantitative estimate of drug-likeness (QED) is 0.885. The molecule has 2 aliphatic rings. The number of carbonyl (C=O) groups excluding carboxylic acids is 1. The summed E-state index contributed by atoms with van der Waals surface area (Å²) in [5.74, 6) is 0.696. The van der Waals surface area contributed by atoms with Crippen molar-refractivity contribution >= 4 is 22.6 Å². The average molecular weight is 356 g/mol. The van der Waals surface area contributed by atoms with E-state index in [9.17, 15) is 4.79 Å². The Morgan fingerprint density at radius 2 is 2.12 bits per heavy atom. The molecule has 0 spiro atoms. The van der Waals surface area contributed by atoms with E-state index in [1.165, 1.54) is 25.7 Å². The highest BCUT2D eigenvalue weighted by Gasteiger charge is 2.35. The Hall–Kier alpha value is -2.08. The summed E-state index contributed by atoms with van der Waals surface area (Å²) < 4.78 is 7.07. The Labute approximate surface area is 154 Å². The Balaban J connectivity index is 1.48. The lowest BCUT2D eigenvalue weighted by Gasteiger charge is -2.29. The topological polar surface area (TPSA) is 59.4 Å². The Bertz CT molecular complexity index is 766. The third kappa shape index (κ3) is 3.43. The number of aromatic nitrogens is 2. The van der Waals surface area contributed by atoms with Crippen LogP contribution in [-0.4, -0.2) is 47.0 Å². The first-order valence-electron chi connectivity index (χ1n) is 9.78. The smallest absolute Gasteiger partial charge is 0.322 e. The highest BCUT2D eigenvalue weighted by atomic mass is 16.5. The van der Waals surface area contributed by atoms with E-state index in [0.29, 0.717) is 25.1 Å². The Morgan fingerprint density at radius 3 is 2.92 bits per heavy atom. The molecular formula is C20H28N4O2. The van der Waals surface area contributed by atoms with Crippen LogP contribution < -0.4 is 5.32 Å². The predicted molar refractivity (Wildman–Crippen MR) is 102 cm³/mol. The van der Waals surface area contributed by atoms with Gasteiger partial charge in [0, 0.05) is 30.8 Å². The van der Waals surface area contributed by atoms with Gasteiger partial charge in [0.25, 0.3) is 0 Å². The highest BCUT2D eigenvalue weighted by Crippen LogP contribution is 2.35. The minimum Gasteiger partial charge on any atom is -0.383 e. The molecule has 2 amide bonds. The maximum absolute atomic E-state index is 12.9. The van der Waals surface area contributed by atoms with Gasteiger partial charge >= 0.3 is 6.03 Å². The van der Waals surface area contributed by atoms with Crippen molar-refractivity contribution in [1.29, 1.82) is 0 Å². The monoisotopic (exact) mass is 356 g/mol. The number of hydrogen-bond acceptors (Lipinski definition) is 3. The molecule has 6 nitrogen and oxygen atoms in total. The fourth-order valence-electron chi connectivity index (χ4n) is 4.58. The third-order valence-electron chi connectivity index (χ3n) is 5.91. The van der Waals surface area contributed by atoms with Crippen LogP contribution in [0.2, 0.25) is 0 Å². The van der Waals surface area contributed by atoms with Crippen LogP contribution in [0.15, 0.2) is 24.4 Å². The molecule has 1 aromatic carbocycles. The number of likely N-dealkylation sites (tertiary alicyclic amines) is 1. The van der Waals surface area contributed by atoms with Crippen LogP contribution in [-0.2, 0) is 11.3 Å². The molecule has 1 saturated carbocycles. The fraction of sp³-hybridized carbons (Fsp3) is 0.600. The van der Waals surface area contributed by atoms with Gasteiger partial charge < -0.3 is 15.0 Å². The summed E-state index contributed by atoms with van der Waals surface area (Å²) >= 11 is 0. The second-order valence-corrected chi connectivity index (χ2v) is 7.51. The first-order valence-corrected chi connectivity index (χ1v) is 9.78. The van der Waals surface area contributed by atoms with Crippen molar-refractivity contribution in [1.82, 2.24) is 14.7 Å². The number of fused-ring (bicyclic) bond motifs is 1. The van der Waals surface area contributed by atoms with Gasteiger partial charge in [-0.2, -0.15) is 5.10 Å². The summed E-state index contributed by atoms with van der Waals surface area (Å²) in [7, 11) is 1.69. The molecule has 0 radical (unpaired) electrons. The van der Waals surface area contributed by atoms with E-state index < -0.39 is 0 Å². The average Bonchev–Trinajstić information content (AvgIpc) is 3.39. The van der Waals surface area contributed by atoms with Crippen LogP contribution in [0.1, 0.15) is 38.5 Å². The minimum atomic E-state index is 0.0432. The van der Waals surface area contributed by atoms with Crippen molar-refractivity contribution in [2.45, 2.75) is 51.1 Å². The lowest BCUT2D eigenvalue weighted by molar-refractivity contribution is 0.184. The number of benzene rings is 1. The van der Waals surface area contributed by atoms with Crippen molar-refractivity contribution in [2.24, 2.45) is 5.92 Å². The molecule has 6 heteroatoms. The van der Waals surface area contributed by atoms with Crippen molar-refractivity contribution in [3.05, 3.63) is 24.4 Å². The predicted octanol–water partition coefficient (Wildman–Crippen LogP) is 3.87. The van der Waals surface area contributed by atoms with Crippen molar-refractivity contribution in [3.8, 4) is 0 Å². The Morgan fingerprint density at radius 1 is 1.27 bits per heavy atom. The van der Waals surface area contributed by atoms with Gasteiger partial charge in [-0.25, -0.2) is 4.79 Å². The highest BCUT2D eigenvalue weighted by molar-refractivity contribution is 5.92. The summed E-state index contributed by atoms with van der Waals surface area (Å²) in [6.45, 7) is 2.19. The number of carbonyl (C=O) groups is 1. The molecule has 2 aromatic rings. The number of methoxy groups -OCH3 is 1. The molecule has 1 N–H and O–H groups in total. The second kappa shape index (κ2) is 7.66. The van der Waals surface area contributed by atoms with E-state index in [4.69, 9.17) is 4.74 Å². The zero-order valence-corrected chi connectivity index (χ0v) is 15.5. The van der Waals surface area contributed by atoms with E-state index in [0.717, 1.165) is 36.0 Å². The number of nitrogens with zero attached hydrogens (tertiary/aromatic N) is 3. The molecule has 1 aliphatic carbocycles. The summed E-state index contributed by atoms with van der Waals surface area (Å²) in [6.07, 6.45) is 9.32. The summed E-state index contributed by atoms with van der Waals surface area (Å²) in [6, 6.07) is 6.45. The fourth-order valence-corrected chi connectivity index (χ4v) is 4.58. The normalized spacial score (nSPS) is 21.0. The zero-order valence-electron chi connectivity index (χ0n) is 15.5. The Kier molecular flexibility index (Phi) is 5.11. The molecule has 2 fully saturated rings. The van der Waals surface area contributed by atoms with E-state index in [-0.39, 0.29) is 6.03 Å². The zero-order chi connectivity index (χ0) is 17.9. The van der Waals surface area contributed by atoms with Gasteiger partial charge in [0.05, 0.1) is 24.9 Å². The molecule has 26 heavy (non-hydrogen) atoms. The first-order chi connectivity index (χ1) is 12.8. The van der Waals surface area contributed by atoms with E-state index >= 15 is 0 Å². The standard InChI is InChI=1S/C20H28N4O2/c1-26-12-11-24-19-13-17(9-8-16(19)14-21-24)22-20(25)23-10-4-7-18(23)15-5-2-3-6-15/h8-9,13-15,18H,2-7,10-12H2,1H3,(H,22,25). The molecule has 0 bridgehead atoms. The summed E-state index contributed by atoms with van der Waals surface area (Å²) in [5, 5.41) is 8.60. The summed E-state index contributed by atoms with van der Waals surface area (Å²) in [4.78, 5) is 15.0. The maximum atomic E-state index is 12.9. The van der Waals surface area contributed by atoms with Crippen LogP contribution in [0.5, 0.6) is 0 Å². The van der Waals surface area contributed by atoms with Gasteiger partial charge in [0.15, 0.2) is 0 Å². The van der Waals surface area contributed by atoms with Crippen molar-refractivity contribution in [3.63, 3.8) is 0 Å². The van der Waals surface area contributed by atoms with Crippen LogP contribution in [0.25, 0.3) is 10.9 Å². The van der Waals surface area contributed by atoms with E-state index in [1.54, 1.807) is 7.11 Å². The number of ether oxygens (including phenoxy) is 1. The van der Waals surface area contributed by atoms with Gasteiger partial charge in [0.1, 0.15) is 0 Å². The van der Waals surface area contributed by atoms with Crippen molar-refractivity contribution < 1.29 is 9.53 Å². The SMILES string of the molecule is COCCn1ncc2ccc(NC(=O)N3CCCC3C3CCCC3)cc21.